The van der Waals surface area contributed by atoms with E-state index in [4.69, 9.17) is 4.74 Å². The number of nitrogens with zero attached hydrogens (tertiary/aromatic N) is 1. The van der Waals surface area contributed by atoms with Gasteiger partial charge >= 0.3 is 0 Å². The molecule has 0 aliphatic carbocycles. The second-order valence-corrected chi connectivity index (χ2v) is 4.57. The third kappa shape index (κ3) is 2.73. The van der Waals surface area contributed by atoms with Crippen molar-refractivity contribution in [2.24, 2.45) is 0 Å². The van der Waals surface area contributed by atoms with Crippen molar-refractivity contribution >= 4 is 0 Å². The van der Waals surface area contributed by atoms with E-state index in [9.17, 15) is 0 Å². The van der Waals surface area contributed by atoms with Crippen LogP contribution >= 0.6 is 0 Å². The molecule has 0 aromatic carbocycles. The van der Waals surface area contributed by atoms with Crippen LogP contribution in [0, 0.1) is 0 Å². The zero-order valence-electron chi connectivity index (χ0n) is 10.1. The van der Waals surface area contributed by atoms with Gasteiger partial charge in [0.2, 0.25) is 5.88 Å². The van der Waals surface area contributed by atoms with Crippen LogP contribution in [0.3, 0.4) is 0 Å². The minimum atomic E-state index is 0.178. The van der Waals surface area contributed by atoms with Crippen LogP contribution < -0.4 is 10.1 Å². The van der Waals surface area contributed by atoms with Crippen molar-refractivity contribution < 1.29 is 4.74 Å². The monoisotopic (exact) mass is 220 g/mol. The molecule has 1 atom stereocenters. The maximum Gasteiger partial charge on any atom is 0.218 e. The molecule has 88 valence electrons. The second-order valence-electron chi connectivity index (χ2n) is 4.57. The molecule has 2 rings (SSSR count). The number of hydrogen-bond acceptors (Lipinski definition) is 3. The van der Waals surface area contributed by atoms with E-state index in [1.807, 2.05) is 19.9 Å². The van der Waals surface area contributed by atoms with Gasteiger partial charge in [-0.3, -0.25) is 0 Å². The highest BCUT2D eigenvalue weighted by Crippen LogP contribution is 2.29. The molecule has 3 heteroatoms. The molecule has 0 bridgehead atoms. The summed E-state index contributed by atoms with van der Waals surface area (Å²) in [4.78, 5) is 4.33. The SMILES string of the molecule is CC(C)Oc1ncccc1C1CCCCN1. The number of pyridine rings is 1. The molecule has 0 radical (unpaired) electrons. The van der Waals surface area contributed by atoms with Crippen molar-refractivity contribution in [3.8, 4) is 5.88 Å². The lowest BCUT2D eigenvalue weighted by Crippen LogP contribution is -2.27. The van der Waals surface area contributed by atoms with Gasteiger partial charge in [-0.25, -0.2) is 4.98 Å². The third-order valence-electron chi connectivity index (χ3n) is 2.83. The fourth-order valence-electron chi connectivity index (χ4n) is 2.11. The fraction of sp³-hybridized carbons (Fsp3) is 0.615. The average molecular weight is 220 g/mol. The van der Waals surface area contributed by atoms with E-state index in [0.29, 0.717) is 6.04 Å². The van der Waals surface area contributed by atoms with Gasteiger partial charge in [0.15, 0.2) is 0 Å². The van der Waals surface area contributed by atoms with E-state index in [2.05, 4.69) is 16.4 Å². The Kier molecular flexibility index (Phi) is 3.78. The Labute approximate surface area is 97.2 Å². The van der Waals surface area contributed by atoms with Gasteiger partial charge < -0.3 is 10.1 Å². The highest BCUT2D eigenvalue weighted by Gasteiger charge is 2.19. The first-order valence-electron chi connectivity index (χ1n) is 6.12. The summed E-state index contributed by atoms with van der Waals surface area (Å²) in [5, 5.41) is 3.53. The first-order chi connectivity index (χ1) is 7.77. The summed E-state index contributed by atoms with van der Waals surface area (Å²) >= 11 is 0. The van der Waals surface area contributed by atoms with Crippen LogP contribution in [0.5, 0.6) is 5.88 Å². The molecule has 2 heterocycles. The Hall–Kier alpha value is -1.09. The number of piperidine rings is 1. The Balaban J connectivity index is 2.17. The van der Waals surface area contributed by atoms with Crippen LogP contribution in [-0.4, -0.2) is 17.6 Å². The van der Waals surface area contributed by atoms with Crippen LogP contribution in [0.1, 0.15) is 44.7 Å². The smallest absolute Gasteiger partial charge is 0.218 e. The molecular weight excluding hydrogens is 200 g/mol. The molecule has 1 aromatic heterocycles. The molecule has 1 aromatic rings. The molecule has 1 saturated heterocycles. The molecule has 1 unspecified atom stereocenters. The van der Waals surface area contributed by atoms with Crippen molar-refractivity contribution in [3.63, 3.8) is 0 Å². The highest BCUT2D eigenvalue weighted by molar-refractivity contribution is 5.29. The number of hydrogen-bond donors (Lipinski definition) is 1. The summed E-state index contributed by atoms with van der Waals surface area (Å²) in [7, 11) is 0. The number of aromatic nitrogens is 1. The van der Waals surface area contributed by atoms with E-state index in [0.717, 1.165) is 12.4 Å². The summed E-state index contributed by atoms with van der Waals surface area (Å²) in [6, 6.07) is 4.52. The maximum absolute atomic E-state index is 5.75. The van der Waals surface area contributed by atoms with Gasteiger partial charge in [-0.05, 0) is 39.3 Å². The predicted molar refractivity (Wildman–Crippen MR) is 64.6 cm³/mol. The van der Waals surface area contributed by atoms with Gasteiger partial charge in [-0.1, -0.05) is 12.5 Å². The minimum absolute atomic E-state index is 0.178. The largest absolute Gasteiger partial charge is 0.475 e. The van der Waals surface area contributed by atoms with Crippen molar-refractivity contribution in [3.05, 3.63) is 23.9 Å². The quantitative estimate of drug-likeness (QED) is 0.850. The number of rotatable bonds is 3. The van der Waals surface area contributed by atoms with E-state index in [1.165, 1.54) is 24.8 Å². The van der Waals surface area contributed by atoms with Crippen LogP contribution in [-0.2, 0) is 0 Å². The lowest BCUT2D eigenvalue weighted by molar-refractivity contribution is 0.226. The first-order valence-corrected chi connectivity index (χ1v) is 6.12. The highest BCUT2D eigenvalue weighted by atomic mass is 16.5. The van der Waals surface area contributed by atoms with Crippen molar-refractivity contribution in [2.45, 2.75) is 45.3 Å². The van der Waals surface area contributed by atoms with Crippen LogP contribution in [0.2, 0.25) is 0 Å². The van der Waals surface area contributed by atoms with Crippen LogP contribution in [0.15, 0.2) is 18.3 Å². The fourth-order valence-corrected chi connectivity index (χ4v) is 2.11. The van der Waals surface area contributed by atoms with Gasteiger partial charge in [-0.15, -0.1) is 0 Å². The zero-order valence-corrected chi connectivity index (χ0v) is 10.1. The van der Waals surface area contributed by atoms with Gasteiger partial charge in [-0.2, -0.15) is 0 Å². The van der Waals surface area contributed by atoms with Gasteiger partial charge in [0.1, 0.15) is 0 Å². The van der Waals surface area contributed by atoms with E-state index < -0.39 is 0 Å². The normalized spacial score (nSPS) is 21.1. The molecule has 1 fully saturated rings. The molecule has 0 saturated carbocycles. The van der Waals surface area contributed by atoms with Crippen molar-refractivity contribution in [2.75, 3.05) is 6.54 Å². The van der Waals surface area contributed by atoms with Crippen molar-refractivity contribution in [1.82, 2.24) is 10.3 Å². The average Bonchev–Trinajstić information content (AvgIpc) is 2.30. The molecule has 1 N–H and O–H groups in total. The minimum Gasteiger partial charge on any atom is -0.475 e. The Morgan fingerprint density at radius 2 is 2.31 bits per heavy atom. The van der Waals surface area contributed by atoms with Gasteiger partial charge in [0.05, 0.1) is 6.10 Å². The molecule has 0 amide bonds. The Bertz CT molecular complexity index is 332. The molecule has 1 aliphatic heterocycles. The molecule has 0 spiro atoms. The first kappa shape index (κ1) is 11.4. The maximum atomic E-state index is 5.75. The molecular formula is C13H20N2O. The van der Waals surface area contributed by atoms with E-state index in [-0.39, 0.29) is 6.10 Å². The lowest BCUT2D eigenvalue weighted by Gasteiger charge is -2.25. The van der Waals surface area contributed by atoms with Crippen LogP contribution in [0.4, 0.5) is 0 Å². The summed E-state index contributed by atoms with van der Waals surface area (Å²) in [5.41, 5.74) is 1.20. The van der Waals surface area contributed by atoms with E-state index in [1.54, 1.807) is 6.20 Å². The topological polar surface area (TPSA) is 34.1 Å². The van der Waals surface area contributed by atoms with Crippen LogP contribution in [0.25, 0.3) is 0 Å². The predicted octanol–water partition coefficient (Wildman–Crippen LogP) is 2.68. The lowest BCUT2D eigenvalue weighted by atomic mass is 9.98. The summed E-state index contributed by atoms with van der Waals surface area (Å²) in [6.45, 7) is 5.17. The summed E-state index contributed by atoms with van der Waals surface area (Å²) < 4.78 is 5.75. The number of nitrogens with one attached hydrogen (secondary N) is 1. The van der Waals surface area contributed by atoms with Crippen molar-refractivity contribution in [1.29, 1.82) is 0 Å². The molecule has 3 nitrogen and oxygen atoms in total. The summed E-state index contributed by atoms with van der Waals surface area (Å²) in [5.74, 6) is 0.789. The van der Waals surface area contributed by atoms with Gasteiger partial charge in [0.25, 0.3) is 0 Å². The Morgan fingerprint density at radius 1 is 1.44 bits per heavy atom. The van der Waals surface area contributed by atoms with E-state index >= 15 is 0 Å². The van der Waals surface area contributed by atoms with Gasteiger partial charge in [0, 0.05) is 17.8 Å². The zero-order chi connectivity index (χ0) is 11.4. The molecule has 1 aliphatic rings. The molecule has 16 heavy (non-hydrogen) atoms. The number of ether oxygens (including phenoxy) is 1. The third-order valence-corrected chi connectivity index (χ3v) is 2.83. The summed E-state index contributed by atoms with van der Waals surface area (Å²) in [6.07, 6.45) is 5.71. The Morgan fingerprint density at radius 3 is 3.00 bits per heavy atom. The second kappa shape index (κ2) is 5.30. The standard InChI is InChI=1S/C13H20N2O/c1-10(2)16-13-11(6-5-9-15-13)12-7-3-4-8-14-12/h5-6,9-10,12,14H,3-4,7-8H2,1-2H3.